The van der Waals surface area contributed by atoms with E-state index in [1.54, 1.807) is 37.3 Å². The fraction of sp³-hybridized carbons (Fsp3) is 0.633. The number of hydrogen-bond donors (Lipinski definition) is 2. The Kier molecular flexibility index (Phi) is 6.48. The number of rotatable bonds is 3. The summed E-state index contributed by atoms with van der Waals surface area (Å²) < 4.78 is 18.2. The highest BCUT2D eigenvalue weighted by atomic mass is 16.6. The van der Waals surface area contributed by atoms with Crippen LogP contribution in [0.4, 0.5) is 0 Å². The quantitative estimate of drug-likeness (QED) is 0.342. The van der Waals surface area contributed by atoms with Crippen LogP contribution in [0.3, 0.4) is 0 Å². The maximum atomic E-state index is 14.6. The van der Waals surface area contributed by atoms with Crippen LogP contribution in [0.15, 0.2) is 41.5 Å². The van der Waals surface area contributed by atoms with Crippen LogP contribution in [0, 0.1) is 22.7 Å². The molecule has 1 aromatic carbocycles. The molecule has 0 amide bonds. The summed E-state index contributed by atoms with van der Waals surface area (Å²) in [5, 5.41) is 24.5. The zero-order valence-corrected chi connectivity index (χ0v) is 23.8. The molecule has 0 radical (unpaired) electrons. The molecule has 0 aromatic heterocycles. The summed E-state index contributed by atoms with van der Waals surface area (Å²) in [6.45, 7) is 10.7. The molecule has 8 nitrogen and oxygen atoms in total. The van der Waals surface area contributed by atoms with Crippen molar-refractivity contribution in [1.82, 2.24) is 0 Å². The van der Waals surface area contributed by atoms with Gasteiger partial charge in [-0.25, -0.2) is 4.79 Å². The largest absolute Gasteiger partial charge is 0.455 e. The first kappa shape index (κ1) is 28.1. The van der Waals surface area contributed by atoms with Crippen molar-refractivity contribution >= 4 is 25.6 Å². The number of carbonyl (C=O) groups is 3. The Morgan fingerprint density at radius 1 is 1.15 bits per heavy atom. The second kappa shape index (κ2) is 9.01. The van der Waals surface area contributed by atoms with E-state index in [9.17, 15) is 24.6 Å². The van der Waals surface area contributed by atoms with Gasteiger partial charge >= 0.3 is 11.9 Å². The van der Waals surface area contributed by atoms with Crippen LogP contribution in [-0.4, -0.2) is 71.9 Å². The summed E-state index contributed by atoms with van der Waals surface area (Å²) in [4.78, 5) is 40.8. The minimum absolute atomic E-state index is 0.0287. The summed E-state index contributed by atoms with van der Waals surface area (Å²) in [6, 6.07) is 8.47. The van der Waals surface area contributed by atoms with Gasteiger partial charge in [0.05, 0.1) is 29.6 Å². The van der Waals surface area contributed by atoms with Crippen LogP contribution in [0.2, 0.25) is 5.82 Å². The van der Waals surface area contributed by atoms with Crippen LogP contribution >= 0.6 is 0 Å². The lowest BCUT2D eigenvalue weighted by Gasteiger charge is -2.67. The average Bonchev–Trinajstić information content (AvgIpc) is 2.87. The molecule has 3 fully saturated rings. The highest BCUT2D eigenvalue weighted by Gasteiger charge is 2.77. The second-order valence-corrected chi connectivity index (χ2v) is 12.9. The van der Waals surface area contributed by atoms with Crippen LogP contribution in [-0.2, 0) is 23.8 Å². The molecule has 39 heavy (non-hydrogen) atoms. The van der Waals surface area contributed by atoms with Crippen molar-refractivity contribution in [2.75, 3.05) is 6.61 Å². The summed E-state index contributed by atoms with van der Waals surface area (Å²) >= 11 is 0. The Bertz CT molecular complexity index is 1240. The lowest BCUT2D eigenvalue weighted by molar-refractivity contribution is -0.344. The molecule has 4 aliphatic rings. The van der Waals surface area contributed by atoms with E-state index in [1.807, 2.05) is 35.5 Å². The third-order valence-corrected chi connectivity index (χ3v) is 10.6. The monoisotopic (exact) mass is 538 g/mol. The van der Waals surface area contributed by atoms with Gasteiger partial charge in [0, 0.05) is 24.6 Å². The number of benzene rings is 1. The Labute approximate surface area is 230 Å². The van der Waals surface area contributed by atoms with Gasteiger partial charge in [0.15, 0.2) is 5.60 Å². The molecule has 1 saturated heterocycles. The lowest BCUT2D eigenvalue weighted by atomic mass is 9.41. The normalized spacial score (nSPS) is 42.7. The first-order valence-electron chi connectivity index (χ1n) is 13.9. The first-order valence-corrected chi connectivity index (χ1v) is 13.9. The Morgan fingerprint density at radius 3 is 2.36 bits per heavy atom. The number of ketones is 1. The van der Waals surface area contributed by atoms with Crippen molar-refractivity contribution in [3.05, 3.63) is 47.0 Å². The number of esters is 2. The molecule has 2 bridgehead atoms. The molecule has 5 rings (SSSR count). The molecule has 0 spiro atoms. The zero-order valence-electron chi connectivity index (χ0n) is 23.8. The van der Waals surface area contributed by atoms with Gasteiger partial charge in [-0.1, -0.05) is 50.1 Å². The Balaban J connectivity index is 1.81. The van der Waals surface area contributed by atoms with Crippen LogP contribution in [0.1, 0.15) is 64.7 Å². The van der Waals surface area contributed by atoms with Gasteiger partial charge in [-0.3, -0.25) is 9.59 Å². The van der Waals surface area contributed by atoms with Crippen LogP contribution in [0.5, 0.6) is 0 Å². The molecule has 2 N–H and O–H groups in total. The Hall–Kier alpha value is -2.49. The topological polar surface area (TPSA) is 119 Å². The number of aliphatic hydroxyl groups excluding tert-OH is 1. The van der Waals surface area contributed by atoms with Gasteiger partial charge in [-0.2, -0.15) is 0 Å². The van der Waals surface area contributed by atoms with Crippen molar-refractivity contribution in [1.29, 1.82) is 0 Å². The fourth-order valence-electron chi connectivity index (χ4n) is 8.42. The first-order chi connectivity index (χ1) is 18.1. The van der Waals surface area contributed by atoms with Crippen LogP contribution < -0.4 is 0 Å². The predicted octanol–water partition coefficient (Wildman–Crippen LogP) is 2.42. The summed E-state index contributed by atoms with van der Waals surface area (Å²) in [5.41, 5.74) is -3.40. The molecule has 1 heterocycles. The maximum absolute atomic E-state index is 14.6. The molecule has 9 atom stereocenters. The van der Waals surface area contributed by atoms with Gasteiger partial charge in [-0.15, -0.1) is 0 Å². The lowest BCUT2D eigenvalue weighted by Crippen LogP contribution is -2.81. The van der Waals surface area contributed by atoms with Gasteiger partial charge in [0.1, 0.15) is 31.4 Å². The summed E-state index contributed by atoms with van der Waals surface area (Å²) in [7, 11) is 1.83. The van der Waals surface area contributed by atoms with Crippen LogP contribution in [0.25, 0.3) is 0 Å². The molecule has 1 aromatic rings. The molecule has 9 heteroatoms. The van der Waals surface area contributed by atoms with Crippen molar-refractivity contribution in [2.45, 2.75) is 89.7 Å². The smallest absolute Gasteiger partial charge is 0.338 e. The van der Waals surface area contributed by atoms with E-state index in [2.05, 4.69) is 0 Å². The number of carbonyl (C=O) groups excluding carboxylic acids is 3. The second-order valence-electron chi connectivity index (χ2n) is 12.9. The number of hydrogen-bond acceptors (Lipinski definition) is 8. The summed E-state index contributed by atoms with van der Waals surface area (Å²) in [5.74, 6) is -3.26. The van der Waals surface area contributed by atoms with E-state index in [1.165, 1.54) is 6.92 Å². The highest BCUT2D eigenvalue weighted by molar-refractivity contribution is 6.28. The van der Waals surface area contributed by atoms with Crippen molar-refractivity contribution < 1.29 is 38.8 Å². The molecule has 3 aliphatic carbocycles. The molecule has 2 saturated carbocycles. The van der Waals surface area contributed by atoms with E-state index >= 15 is 0 Å². The number of ether oxygens (including phenoxy) is 3. The number of fused-ring (bicyclic) bond motifs is 5. The minimum Gasteiger partial charge on any atom is -0.455 e. The standard InChI is InChI=1S/C30H39BO8/c1-15-13-30(36)25(38-26(35)18-10-8-7-9-11-18)23-28(6,24(34)22(31)21(16(15)2)27(30,4)5)19(33)12-20-29(23,14-37-20)39-17(3)32/h7-11,15,19-20,22-23,25,33,36H,12-14,31H2,1-6H3/t15-,19-,20+,22+,23-,25-,28+,29-,30+/m0/s1. The molecular formula is C30H39BO8. The number of aliphatic hydroxyl groups is 2. The van der Waals surface area contributed by atoms with Gasteiger partial charge in [0.25, 0.3) is 0 Å². The fourth-order valence-corrected chi connectivity index (χ4v) is 8.42. The highest BCUT2D eigenvalue weighted by Crippen LogP contribution is 2.65. The molecule has 210 valence electrons. The third-order valence-electron chi connectivity index (χ3n) is 10.6. The number of allylic oxidation sites excluding steroid dienone is 1. The van der Waals surface area contributed by atoms with E-state index in [0.717, 1.165) is 11.1 Å². The van der Waals surface area contributed by atoms with Crippen molar-refractivity contribution in [3.8, 4) is 0 Å². The van der Waals surface area contributed by atoms with Crippen molar-refractivity contribution in [3.63, 3.8) is 0 Å². The minimum atomic E-state index is -1.66. The molecular weight excluding hydrogens is 499 g/mol. The summed E-state index contributed by atoms with van der Waals surface area (Å²) in [6.07, 6.45) is -2.85. The maximum Gasteiger partial charge on any atom is 0.338 e. The predicted molar refractivity (Wildman–Crippen MR) is 145 cm³/mol. The average molecular weight is 538 g/mol. The van der Waals surface area contributed by atoms with Gasteiger partial charge < -0.3 is 24.4 Å². The van der Waals surface area contributed by atoms with Gasteiger partial charge in [0.2, 0.25) is 0 Å². The van der Waals surface area contributed by atoms with E-state index in [0.29, 0.717) is 0 Å². The zero-order chi connectivity index (χ0) is 28.7. The van der Waals surface area contributed by atoms with Crippen molar-refractivity contribution in [2.24, 2.45) is 22.7 Å². The molecule has 0 unspecified atom stereocenters. The van der Waals surface area contributed by atoms with E-state index in [-0.39, 0.29) is 36.7 Å². The SMILES string of the molecule is B[C@H]1C(=O)[C@@]2(C)[C@H]([C@H](OC(=O)c3ccccc3)[C@]3(O)C[C@H](C)C(C)=C1C3(C)C)[C@]1(OC(C)=O)CO[C@@H]1C[C@@H]2O. The van der Waals surface area contributed by atoms with E-state index in [4.69, 9.17) is 14.2 Å². The third kappa shape index (κ3) is 3.65. The van der Waals surface area contributed by atoms with Gasteiger partial charge in [-0.05, 0) is 38.3 Å². The number of Topliss-reactive ketones (excluding diaryl/α,β-unsaturated/α-hetero) is 1. The Morgan fingerprint density at radius 2 is 1.79 bits per heavy atom. The van der Waals surface area contributed by atoms with E-state index < -0.39 is 64.0 Å². The molecule has 1 aliphatic heterocycles.